The fourth-order valence-electron chi connectivity index (χ4n) is 1.61. The van der Waals surface area contributed by atoms with Crippen molar-refractivity contribution in [3.63, 3.8) is 0 Å². The first kappa shape index (κ1) is 15.6. The average molecular weight is 268 g/mol. The molecule has 0 fully saturated rings. The van der Waals surface area contributed by atoms with Gasteiger partial charge in [-0.1, -0.05) is 20.8 Å². The molecular formula is C13H24N4O2. The Bertz CT molecular complexity index is 421. The van der Waals surface area contributed by atoms with Crippen LogP contribution in [-0.2, 0) is 10.2 Å². The second-order valence-corrected chi connectivity index (χ2v) is 5.84. The summed E-state index contributed by atoms with van der Waals surface area (Å²) in [4.78, 5) is 18.4. The number of rotatable bonds is 5. The molecule has 1 heterocycles. The molecular weight excluding hydrogens is 244 g/mol. The number of hydrogen-bond acceptors (Lipinski definition) is 4. The Labute approximate surface area is 114 Å². The van der Waals surface area contributed by atoms with E-state index in [4.69, 9.17) is 4.74 Å². The quantitative estimate of drug-likeness (QED) is 0.880. The van der Waals surface area contributed by atoms with E-state index in [0.717, 1.165) is 0 Å². The molecule has 0 radical (unpaired) electrons. The predicted octanol–water partition coefficient (Wildman–Crippen LogP) is 1.60. The number of carbonyl (C=O) groups excluding carboxylic acids is 1. The molecule has 0 saturated heterocycles. The van der Waals surface area contributed by atoms with Gasteiger partial charge >= 0.3 is 0 Å². The van der Waals surface area contributed by atoms with Crippen molar-refractivity contribution in [1.29, 1.82) is 0 Å². The molecule has 6 heteroatoms. The minimum absolute atomic E-state index is 0.0826. The van der Waals surface area contributed by atoms with Gasteiger partial charge in [0.1, 0.15) is 5.82 Å². The van der Waals surface area contributed by atoms with Crippen LogP contribution in [0.15, 0.2) is 0 Å². The molecule has 0 saturated carbocycles. The van der Waals surface area contributed by atoms with Crippen LogP contribution < -0.4 is 0 Å². The lowest BCUT2D eigenvalue weighted by Gasteiger charge is -2.25. The van der Waals surface area contributed by atoms with Crippen LogP contribution in [0, 0.1) is 0 Å². The van der Waals surface area contributed by atoms with Gasteiger partial charge in [0.2, 0.25) is 5.82 Å². The zero-order valence-corrected chi connectivity index (χ0v) is 12.6. The largest absolute Gasteiger partial charge is 0.383 e. The SMILES string of the molecule is COCCN(C(=O)c1n[nH]c(C(C)(C)C)n1)C(C)C. The zero-order valence-electron chi connectivity index (χ0n) is 12.6. The topological polar surface area (TPSA) is 71.1 Å². The second-order valence-electron chi connectivity index (χ2n) is 5.84. The number of aromatic nitrogens is 3. The zero-order chi connectivity index (χ0) is 14.6. The van der Waals surface area contributed by atoms with Crippen LogP contribution in [0.25, 0.3) is 0 Å². The fourth-order valence-corrected chi connectivity index (χ4v) is 1.61. The molecule has 0 aliphatic heterocycles. The Kier molecular flexibility index (Phi) is 5.05. The molecule has 108 valence electrons. The summed E-state index contributed by atoms with van der Waals surface area (Å²) >= 11 is 0. The van der Waals surface area contributed by atoms with Gasteiger partial charge in [-0.3, -0.25) is 9.89 Å². The number of amides is 1. The molecule has 0 spiro atoms. The molecule has 1 rings (SSSR count). The average Bonchev–Trinajstić information content (AvgIpc) is 2.77. The molecule has 0 aliphatic rings. The number of methoxy groups -OCH3 is 1. The van der Waals surface area contributed by atoms with Gasteiger partial charge in [-0.2, -0.15) is 0 Å². The summed E-state index contributed by atoms with van der Waals surface area (Å²) in [7, 11) is 1.62. The third-order valence-electron chi connectivity index (χ3n) is 2.81. The molecule has 0 aliphatic carbocycles. The van der Waals surface area contributed by atoms with Gasteiger partial charge in [-0.15, -0.1) is 5.10 Å². The number of carbonyl (C=O) groups is 1. The Morgan fingerprint density at radius 2 is 2.05 bits per heavy atom. The van der Waals surface area contributed by atoms with Crippen molar-refractivity contribution in [1.82, 2.24) is 20.1 Å². The van der Waals surface area contributed by atoms with Gasteiger partial charge in [0.15, 0.2) is 0 Å². The lowest BCUT2D eigenvalue weighted by molar-refractivity contribution is 0.0623. The van der Waals surface area contributed by atoms with Gasteiger partial charge in [0.25, 0.3) is 5.91 Å². The van der Waals surface area contributed by atoms with Crippen molar-refractivity contribution >= 4 is 5.91 Å². The Morgan fingerprint density at radius 3 is 2.47 bits per heavy atom. The van der Waals surface area contributed by atoms with E-state index in [0.29, 0.717) is 19.0 Å². The number of H-pyrrole nitrogens is 1. The lowest BCUT2D eigenvalue weighted by atomic mass is 9.96. The van der Waals surface area contributed by atoms with E-state index < -0.39 is 0 Å². The summed E-state index contributed by atoms with van der Waals surface area (Å²) < 4.78 is 5.03. The maximum Gasteiger partial charge on any atom is 0.293 e. The third-order valence-corrected chi connectivity index (χ3v) is 2.81. The van der Waals surface area contributed by atoms with Crippen molar-refractivity contribution < 1.29 is 9.53 Å². The number of nitrogens with zero attached hydrogens (tertiary/aromatic N) is 3. The van der Waals surface area contributed by atoms with Gasteiger partial charge in [0, 0.05) is 25.1 Å². The fraction of sp³-hybridized carbons (Fsp3) is 0.769. The maximum atomic E-state index is 12.4. The first-order chi connectivity index (χ1) is 8.77. The smallest absolute Gasteiger partial charge is 0.293 e. The van der Waals surface area contributed by atoms with Crippen molar-refractivity contribution in [3.05, 3.63) is 11.6 Å². The summed E-state index contributed by atoms with van der Waals surface area (Å²) in [5.41, 5.74) is -0.152. The van der Waals surface area contributed by atoms with E-state index in [-0.39, 0.29) is 23.2 Å². The Hall–Kier alpha value is -1.43. The Morgan fingerprint density at radius 1 is 1.42 bits per heavy atom. The molecule has 1 amide bonds. The van der Waals surface area contributed by atoms with Crippen molar-refractivity contribution in [3.8, 4) is 0 Å². The molecule has 0 bridgehead atoms. The first-order valence-corrected chi connectivity index (χ1v) is 6.50. The second kappa shape index (κ2) is 6.14. The molecule has 1 N–H and O–H groups in total. The van der Waals surface area contributed by atoms with Crippen LogP contribution in [-0.4, -0.2) is 52.3 Å². The first-order valence-electron chi connectivity index (χ1n) is 6.50. The standard InChI is InChI=1S/C13H24N4O2/c1-9(2)17(7-8-19-6)11(18)10-14-12(16-15-10)13(3,4)5/h9H,7-8H2,1-6H3,(H,14,15,16). The van der Waals surface area contributed by atoms with Gasteiger partial charge < -0.3 is 9.64 Å². The summed E-state index contributed by atoms with van der Waals surface area (Å²) in [5.74, 6) is 0.764. The highest BCUT2D eigenvalue weighted by atomic mass is 16.5. The van der Waals surface area contributed by atoms with Gasteiger partial charge in [0.05, 0.1) is 6.61 Å². The normalized spacial score (nSPS) is 11.9. The van der Waals surface area contributed by atoms with Crippen molar-refractivity contribution in [2.45, 2.75) is 46.1 Å². The third kappa shape index (κ3) is 4.02. The van der Waals surface area contributed by atoms with Gasteiger partial charge in [-0.05, 0) is 13.8 Å². The minimum atomic E-state index is -0.168. The minimum Gasteiger partial charge on any atom is -0.383 e. The number of aromatic amines is 1. The van der Waals surface area contributed by atoms with E-state index in [1.807, 2.05) is 34.6 Å². The highest BCUT2D eigenvalue weighted by molar-refractivity contribution is 5.90. The molecule has 19 heavy (non-hydrogen) atoms. The van der Waals surface area contributed by atoms with Crippen LogP contribution in [0.2, 0.25) is 0 Å². The summed E-state index contributed by atoms with van der Waals surface area (Å²) in [5, 5.41) is 6.86. The lowest BCUT2D eigenvalue weighted by Crippen LogP contribution is -2.39. The van der Waals surface area contributed by atoms with Crippen LogP contribution >= 0.6 is 0 Å². The number of hydrogen-bond donors (Lipinski definition) is 1. The summed E-state index contributed by atoms with van der Waals surface area (Å²) in [6, 6.07) is 0.0826. The van der Waals surface area contributed by atoms with Crippen molar-refractivity contribution in [2.75, 3.05) is 20.3 Å². The molecule has 0 aromatic carbocycles. The van der Waals surface area contributed by atoms with Gasteiger partial charge in [-0.25, -0.2) is 4.98 Å². The molecule has 0 unspecified atom stereocenters. The number of nitrogens with one attached hydrogen (secondary N) is 1. The monoisotopic (exact) mass is 268 g/mol. The van der Waals surface area contributed by atoms with E-state index in [1.165, 1.54) is 0 Å². The summed E-state index contributed by atoms with van der Waals surface area (Å²) in [6.07, 6.45) is 0. The van der Waals surface area contributed by atoms with Crippen molar-refractivity contribution in [2.24, 2.45) is 0 Å². The van der Waals surface area contributed by atoms with Crippen LogP contribution in [0.1, 0.15) is 51.1 Å². The molecule has 6 nitrogen and oxygen atoms in total. The van der Waals surface area contributed by atoms with Crippen LogP contribution in [0.5, 0.6) is 0 Å². The molecule has 0 atom stereocenters. The predicted molar refractivity (Wildman–Crippen MR) is 73.1 cm³/mol. The van der Waals surface area contributed by atoms with E-state index in [2.05, 4.69) is 15.2 Å². The maximum absolute atomic E-state index is 12.4. The Balaban J connectivity index is 2.88. The van der Waals surface area contributed by atoms with E-state index >= 15 is 0 Å². The van der Waals surface area contributed by atoms with Crippen LogP contribution in [0.3, 0.4) is 0 Å². The molecule has 1 aromatic rings. The number of ether oxygens (including phenoxy) is 1. The summed E-state index contributed by atoms with van der Waals surface area (Å²) in [6.45, 7) is 11.0. The highest BCUT2D eigenvalue weighted by Crippen LogP contribution is 2.17. The van der Waals surface area contributed by atoms with E-state index in [1.54, 1.807) is 12.0 Å². The molecule has 1 aromatic heterocycles. The van der Waals surface area contributed by atoms with E-state index in [9.17, 15) is 4.79 Å². The highest BCUT2D eigenvalue weighted by Gasteiger charge is 2.25. The van der Waals surface area contributed by atoms with Crippen LogP contribution in [0.4, 0.5) is 0 Å².